The Bertz CT molecular complexity index is 1420. The molecule has 17 heteroatoms. The van der Waals surface area contributed by atoms with E-state index in [0.29, 0.717) is 5.75 Å². The molecule has 1 saturated heterocycles. The fraction of sp³-hybridized carbons (Fsp3) is 0.500. The van der Waals surface area contributed by atoms with Crippen LogP contribution < -0.4 is 20.1 Å². The first-order chi connectivity index (χ1) is 19.3. The van der Waals surface area contributed by atoms with Crippen LogP contribution in [0.3, 0.4) is 0 Å². The van der Waals surface area contributed by atoms with Crippen LogP contribution in [0, 0.1) is 0 Å². The average molecular weight is 633 g/mol. The van der Waals surface area contributed by atoms with Gasteiger partial charge in [-0.1, -0.05) is 29.8 Å². The summed E-state index contributed by atoms with van der Waals surface area (Å²) in [5.74, 6) is -0.255. The fourth-order valence-corrected chi connectivity index (χ4v) is 6.64. The molecule has 224 valence electrons. The van der Waals surface area contributed by atoms with E-state index in [2.05, 4.69) is 20.0 Å². The molecule has 0 radical (unpaired) electrons. The number of imidazole rings is 1. The molecule has 0 amide bonds. The third kappa shape index (κ3) is 7.05. The Morgan fingerprint density at radius 2 is 2.05 bits per heavy atom. The Morgan fingerprint density at radius 1 is 1.34 bits per heavy atom. The maximum Gasteiger partial charge on any atom is 0.323 e. The van der Waals surface area contributed by atoms with Crippen molar-refractivity contribution in [3.05, 3.63) is 36.7 Å². The van der Waals surface area contributed by atoms with Gasteiger partial charge in [0.1, 0.15) is 24.0 Å². The molecule has 3 aromatic rings. The number of aromatic nitrogens is 4. The summed E-state index contributed by atoms with van der Waals surface area (Å²) in [4.78, 5) is 24.8. The molecular weight excluding hydrogens is 602 g/mol. The van der Waals surface area contributed by atoms with Crippen LogP contribution >= 0.6 is 18.2 Å². The summed E-state index contributed by atoms with van der Waals surface area (Å²) >= 11 is 11.9. The van der Waals surface area contributed by atoms with Gasteiger partial charge in [-0.05, 0) is 51.6 Å². The van der Waals surface area contributed by atoms with Crippen molar-refractivity contribution in [1.82, 2.24) is 24.6 Å². The Hall–Kier alpha value is -2.65. The number of carbonyl (C=O) groups is 1. The average Bonchev–Trinajstić information content (AvgIpc) is 3.41. The predicted octanol–water partition coefficient (Wildman–Crippen LogP) is 3.22. The summed E-state index contributed by atoms with van der Waals surface area (Å²) < 4.78 is 45.4. The van der Waals surface area contributed by atoms with Crippen molar-refractivity contribution < 1.29 is 37.5 Å². The number of nitrogen functional groups attached to an aromatic ring is 1. The Kier molecular flexibility index (Phi) is 9.69. The van der Waals surface area contributed by atoms with Crippen molar-refractivity contribution in [1.29, 1.82) is 0 Å². The maximum absolute atomic E-state index is 15.8. The highest BCUT2D eigenvalue weighted by molar-refractivity contribution is 8.09. The lowest BCUT2D eigenvalue weighted by molar-refractivity contribution is -0.149. The monoisotopic (exact) mass is 632 g/mol. The largest absolute Gasteiger partial charge is 0.476 e. The molecule has 4 rings (SSSR count). The lowest BCUT2D eigenvalue weighted by atomic mass is 10.1. The second-order valence-electron chi connectivity index (χ2n) is 9.32. The van der Waals surface area contributed by atoms with Crippen molar-refractivity contribution >= 4 is 53.1 Å². The lowest BCUT2D eigenvalue weighted by Gasteiger charge is -2.28. The number of rotatable bonds is 12. The first-order valence-electron chi connectivity index (χ1n) is 12.7. The molecule has 2 aromatic heterocycles. The summed E-state index contributed by atoms with van der Waals surface area (Å²) in [5.41, 5.74) is 6.09. The molecule has 1 aliphatic heterocycles. The number of ether oxygens (including phenoxy) is 3. The number of alkyl halides is 2. The van der Waals surface area contributed by atoms with Crippen molar-refractivity contribution in [2.75, 3.05) is 18.9 Å². The van der Waals surface area contributed by atoms with E-state index in [1.54, 1.807) is 58.0 Å². The molecule has 3 heterocycles. The number of fused-ring (bicyclic) bond motifs is 1. The molecule has 0 saturated carbocycles. The van der Waals surface area contributed by atoms with E-state index in [1.165, 1.54) is 10.9 Å². The Balaban J connectivity index is 1.56. The number of nitrogens with one attached hydrogen (secondary N) is 1. The minimum Gasteiger partial charge on any atom is -0.476 e. The number of carbonyl (C=O) groups excluding carboxylic acids is 1. The van der Waals surface area contributed by atoms with Crippen LogP contribution in [0.4, 0.5) is 10.3 Å². The number of hydrogen-bond acceptors (Lipinski definition) is 12. The number of nitrogens with two attached hydrogens (primary N) is 1. The predicted molar refractivity (Wildman–Crippen MR) is 152 cm³/mol. The number of halogens is 2. The molecule has 1 aliphatic rings. The minimum absolute atomic E-state index is 0.0825. The standard InChI is InChI=1S/C24H31ClFN6O7PS/c1-5-35-20-17-19(29-23(27)30-20)32(12-28-17)22-24(25,26)18(33)16(38-22)11-36-40(41,39-15-9-7-6-8-10-15)31-14(4)21(34)37-13(2)3/h6-10,12-14,16,18,22,33H,5,11H2,1-4H3,(H,31,41)(H2,27,29,30)/t14-,16-,18-,22-,24-,40?/m1/s1. The topological polar surface area (TPSA) is 165 Å². The molecule has 0 aliphatic carbocycles. The van der Waals surface area contributed by atoms with Crippen molar-refractivity contribution in [2.24, 2.45) is 0 Å². The molecule has 13 nitrogen and oxygen atoms in total. The highest BCUT2D eigenvalue weighted by Gasteiger charge is 2.58. The molecule has 6 atom stereocenters. The van der Waals surface area contributed by atoms with Gasteiger partial charge >= 0.3 is 12.6 Å². The fourth-order valence-electron chi connectivity index (χ4n) is 3.93. The summed E-state index contributed by atoms with van der Waals surface area (Å²) in [6.45, 7) is 3.04. The molecule has 1 fully saturated rings. The number of anilines is 1. The highest BCUT2D eigenvalue weighted by Crippen LogP contribution is 2.49. The Labute approximate surface area is 245 Å². The van der Waals surface area contributed by atoms with E-state index in [-0.39, 0.29) is 35.7 Å². The van der Waals surface area contributed by atoms with Gasteiger partial charge in [-0.15, -0.1) is 0 Å². The van der Waals surface area contributed by atoms with Gasteiger partial charge in [-0.3, -0.25) is 9.36 Å². The van der Waals surface area contributed by atoms with Crippen LogP contribution in [0.2, 0.25) is 0 Å². The third-order valence-electron chi connectivity index (χ3n) is 5.75. The van der Waals surface area contributed by atoms with Gasteiger partial charge in [-0.2, -0.15) is 9.97 Å². The lowest BCUT2D eigenvalue weighted by Crippen LogP contribution is -2.40. The number of hydrogen-bond donors (Lipinski definition) is 3. The molecule has 0 spiro atoms. The molecule has 1 unspecified atom stereocenters. The second-order valence-corrected chi connectivity index (χ2v) is 13.0. The third-order valence-corrected chi connectivity index (χ3v) is 8.66. The van der Waals surface area contributed by atoms with Crippen molar-refractivity contribution in [3.63, 3.8) is 0 Å². The highest BCUT2D eigenvalue weighted by atomic mass is 35.5. The number of para-hydroxylation sites is 1. The van der Waals surface area contributed by atoms with Crippen LogP contribution in [0.15, 0.2) is 36.7 Å². The van der Waals surface area contributed by atoms with Crippen LogP contribution in [-0.2, 0) is 30.6 Å². The minimum atomic E-state index is -3.50. The SMILES string of the molecule is CCOc1nc(N)nc2c1ncn2[C@@H]1O[C@H](COP(=S)(N[C@H](C)C(=O)OC(C)C)Oc2ccccc2)[C@@H](O)[C@]1(F)Cl. The van der Waals surface area contributed by atoms with Crippen LogP contribution in [0.1, 0.15) is 33.9 Å². The van der Waals surface area contributed by atoms with Gasteiger partial charge in [-0.25, -0.2) is 14.5 Å². The number of aliphatic hydroxyl groups excluding tert-OH is 1. The quantitative estimate of drug-likeness (QED) is 0.152. The van der Waals surface area contributed by atoms with Gasteiger partial charge in [0.25, 0.3) is 5.13 Å². The molecular formula is C24H31ClFN6O7PS. The Morgan fingerprint density at radius 3 is 2.71 bits per heavy atom. The summed E-state index contributed by atoms with van der Waals surface area (Å²) in [6.07, 6.45) is -3.91. The number of benzene rings is 1. The van der Waals surface area contributed by atoms with E-state index in [4.69, 9.17) is 52.4 Å². The number of esters is 1. The summed E-state index contributed by atoms with van der Waals surface area (Å²) in [6, 6.07) is 7.64. The molecule has 4 N–H and O–H groups in total. The molecule has 41 heavy (non-hydrogen) atoms. The summed E-state index contributed by atoms with van der Waals surface area (Å²) in [5, 5.41) is 10.9. The number of aliphatic hydroxyl groups is 1. The first-order valence-corrected chi connectivity index (χ1v) is 15.7. The second kappa shape index (κ2) is 12.7. The molecule has 0 bridgehead atoms. The van der Waals surface area contributed by atoms with Crippen LogP contribution in [0.25, 0.3) is 11.2 Å². The van der Waals surface area contributed by atoms with E-state index in [0.717, 1.165) is 0 Å². The van der Waals surface area contributed by atoms with Gasteiger partial charge in [0.2, 0.25) is 11.8 Å². The van der Waals surface area contributed by atoms with Gasteiger partial charge < -0.3 is 34.1 Å². The van der Waals surface area contributed by atoms with E-state index >= 15 is 4.39 Å². The van der Waals surface area contributed by atoms with Gasteiger partial charge in [0, 0.05) is 0 Å². The zero-order valence-corrected chi connectivity index (χ0v) is 25.1. The zero-order valence-electron chi connectivity index (χ0n) is 22.6. The zero-order chi connectivity index (χ0) is 29.9. The maximum atomic E-state index is 15.8. The molecule has 1 aromatic carbocycles. The van der Waals surface area contributed by atoms with Gasteiger partial charge in [0.05, 0.1) is 25.6 Å². The smallest absolute Gasteiger partial charge is 0.323 e. The van der Waals surface area contributed by atoms with Gasteiger partial charge in [0.15, 0.2) is 17.4 Å². The number of nitrogens with zero attached hydrogens (tertiary/aromatic N) is 4. The van der Waals surface area contributed by atoms with E-state index < -0.39 is 48.8 Å². The normalized spacial score (nSPS) is 24.7. The first kappa shape index (κ1) is 31.3. The van der Waals surface area contributed by atoms with Crippen molar-refractivity contribution in [2.45, 2.75) is 63.4 Å². The summed E-state index contributed by atoms with van der Waals surface area (Å²) in [7, 11) is 0. The van der Waals surface area contributed by atoms with Crippen molar-refractivity contribution in [3.8, 4) is 11.6 Å². The van der Waals surface area contributed by atoms with E-state index in [1.807, 2.05) is 0 Å². The van der Waals surface area contributed by atoms with E-state index in [9.17, 15) is 9.90 Å². The van der Waals surface area contributed by atoms with Crippen LogP contribution in [0.5, 0.6) is 11.6 Å². The van der Waals surface area contributed by atoms with Crippen LogP contribution in [-0.4, -0.2) is 73.3 Å².